The third kappa shape index (κ3) is 4.93. The van der Waals surface area contributed by atoms with Gasteiger partial charge in [0.25, 0.3) is 0 Å². The number of nitrogens with one attached hydrogen (secondary N) is 1. The first-order chi connectivity index (χ1) is 7.24. The molecule has 1 aliphatic rings. The molecule has 0 aromatic rings. The molecule has 0 aliphatic carbocycles. The molecule has 4 heteroatoms. The summed E-state index contributed by atoms with van der Waals surface area (Å²) < 4.78 is 10.8. The first-order valence-electron chi connectivity index (χ1n) is 5.75. The van der Waals surface area contributed by atoms with Gasteiger partial charge in [0.05, 0.1) is 12.7 Å². The van der Waals surface area contributed by atoms with Gasteiger partial charge in [0, 0.05) is 39.4 Å². The van der Waals surface area contributed by atoms with E-state index in [9.17, 15) is 0 Å². The minimum absolute atomic E-state index is 0.341. The molecule has 4 nitrogen and oxygen atoms in total. The van der Waals surface area contributed by atoms with Crippen LogP contribution in [0.3, 0.4) is 0 Å². The van der Waals surface area contributed by atoms with Crippen LogP contribution in [0.2, 0.25) is 0 Å². The van der Waals surface area contributed by atoms with Crippen LogP contribution in [-0.2, 0) is 9.47 Å². The molecule has 1 heterocycles. The van der Waals surface area contributed by atoms with Gasteiger partial charge in [0.1, 0.15) is 0 Å². The van der Waals surface area contributed by atoms with E-state index in [4.69, 9.17) is 9.47 Å². The third-order valence-electron chi connectivity index (χ3n) is 2.99. The second kappa shape index (κ2) is 7.17. The van der Waals surface area contributed by atoms with E-state index in [2.05, 4.69) is 24.2 Å². The Morgan fingerprint density at radius 2 is 2.40 bits per heavy atom. The summed E-state index contributed by atoms with van der Waals surface area (Å²) >= 11 is 0. The highest BCUT2D eigenvalue weighted by atomic mass is 16.5. The van der Waals surface area contributed by atoms with Crippen LogP contribution >= 0.6 is 0 Å². The van der Waals surface area contributed by atoms with Crippen molar-refractivity contribution < 1.29 is 9.47 Å². The summed E-state index contributed by atoms with van der Waals surface area (Å²) in [5.74, 6) is 0. The lowest BCUT2D eigenvalue weighted by Crippen LogP contribution is -2.46. The van der Waals surface area contributed by atoms with E-state index in [0.717, 1.165) is 39.3 Å². The SMILES string of the molecule is COCCC(C)N(C)CC1CNCCO1. The quantitative estimate of drug-likeness (QED) is 0.694. The topological polar surface area (TPSA) is 33.7 Å². The molecule has 1 aliphatic heterocycles. The summed E-state index contributed by atoms with van der Waals surface area (Å²) in [5, 5.41) is 3.35. The molecule has 15 heavy (non-hydrogen) atoms. The Hall–Kier alpha value is -0.160. The van der Waals surface area contributed by atoms with E-state index in [1.54, 1.807) is 7.11 Å². The Bertz CT molecular complexity index is 161. The maximum absolute atomic E-state index is 5.67. The summed E-state index contributed by atoms with van der Waals surface area (Å²) in [7, 11) is 3.90. The lowest BCUT2D eigenvalue weighted by atomic mass is 10.2. The van der Waals surface area contributed by atoms with Crippen LogP contribution in [0.15, 0.2) is 0 Å². The predicted octanol–water partition coefficient (Wildman–Crippen LogP) is 0.332. The van der Waals surface area contributed by atoms with Gasteiger partial charge >= 0.3 is 0 Å². The zero-order valence-electron chi connectivity index (χ0n) is 10.2. The maximum Gasteiger partial charge on any atom is 0.0826 e. The van der Waals surface area contributed by atoms with Gasteiger partial charge in [-0.15, -0.1) is 0 Å². The number of morpholine rings is 1. The van der Waals surface area contributed by atoms with Crippen LogP contribution in [0.5, 0.6) is 0 Å². The average Bonchev–Trinajstić information content (AvgIpc) is 2.27. The smallest absolute Gasteiger partial charge is 0.0826 e. The molecule has 0 saturated carbocycles. The van der Waals surface area contributed by atoms with Crippen LogP contribution in [0.4, 0.5) is 0 Å². The van der Waals surface area contributed by atoms with Gasteiger partial charge in [0.15, 0.2) is 0 Å². The van der Waals surface area contributed by atoms with E-state index in [-0.39, 0.29) is 0 Å². The van der Waals surface area contributed by atoms with E-state index in [1.165, 1.54) is 0 Å². The number of methoxy groups -OCH3 is 1. The van der Waals surface area contributed by atoms with Gasteiger partial charge in [-0.1, -0.05) is 0 Å². The van der Waals surface area contributed by atoms with Crippen molar-refractivity contribution in [2.45, 2.75) is 25.5 Å². The van der Waals surface area contributed by atoms with Crippen LogP contribution in [0.25, 0.3) is 0 Å². The highest BCUT2D eigenvalue weighted by Crippen LogP contribution is 2.05. The Morgan fingerprint density at radius 3 is 3.00 bits per heavy atom. The van der Waals surface area contributed by atoms with Crippen LogP contribution < -0.4 is 5.32 Å². The minimum atomic E-state index is 0.341. The van der Waals surface area contributed by atoms with Crippen LogP contribution in [-0.4, -0.2) is 64.1 Å². The Kier molecular flexibility index (Phi) is 6.17. The minimum Gasteiger partial charge on any atom is -0.385 e. The van der Waals surface area contributed by atoms with Gasteiger partial charge in [-0.25, -0.2) is 0 Å². The second-order valence-electron chi connectivity index (χ2n) is 4.27. The molecule has 2 unspecified atom stereocenters. The fourth-order valence-electron chi connectivity index (χ4n) is 1.75. The van der Waals surface area contributed by atoms with Crippen LogP contribution in [0.1, 0.15) is 13.3 Å². The highest BCUT2D eigenvalue weighted by molar-refractivity contribution is 4.73. The average molecular weight is 216 g/mol. The zero-order chi connectivity index (χ0) is 11.1. The van der Waals surface area contributed by atoms with Gasteiger partial charge in [0.2, 0.25) is 0 Å². The first-order valence-corrected chi connectivity index (χ1v) is 5.75. The number of hydrogen-bond acceptors (Lipinski definition) is 4. The number of nitrogens with zero attached hydrogens (tertiary/aromatic N) is 1. The van der Waals surface area contributed by atoms with E-state index >= 15 is 0 Å². The van der Waals surface area contributed by atoms with Crippen molar-refractivity contribution in [2.24, 2.45) is 0 Å². The fourth-order valence-corrected chi connectivity index (χ4v) is 1.75. The van der Waals surface area contributed by atoms with Crippen LogP contribution in [0, 0.1) is 0 Å². The van der Waals surface area contributed by atoms with Crippen molar-refractivity contribution in [3.05, 3.63) is 0 Å². The summed E-state index contributed by atoms with van der Waals surface area (Å²) in [5.41, 5.74) is 0. The molecule has 0 aromatic heterocycles. The third-order valence-corrected chi connectivity index (χ3v) is 2.99. The van der Waals surface area contributed by atoms with Gasteiger partial charge in [-0.2, -0.15) is 0 Å². The summed E-state index contributed by atoms with van der Waals surface area (Å²) in [6.07, 6.45) is 1.42. The van der Waals surface area contributed by atoms with Crippen molar-refractivity contribution >= 4 is 0 Å². The molecular formula is C11H24N2O2. The lowest BCUT2D eigenvalue weighted by molar-refractivity contribution is 0.00185. The van der Waals surface area contributed by atoms with E-state index in [1.807, 2.05) is 0 Å². The largest absolute Gasteiger partial charge is 0.385 e. The molecule has 1 N–H and O–H groups in total. The Labute approximate surface area is 92.9 Å². The van der Waals surface area contributed by atoms with Crippen molar-refractivity contribution in [1.29, 1.82) is 0 Å². The van der Waals surface area contributed by atoms with Gasteiger partial charge in [-0.05, 0) is 20.4 Å². The Balaban J connectivity index is 2.17. The van der Waals surface area contributed by atoms with Crippen molar-refractivity contribution in [3.63, 3.8) is 0 Å². The molecule has 2 atom stereocenters. The van der Waals surface area contributed by atoms with E-state index < -0.39 is 0 Å². The number of hydrogen-bond donors (Lipinski definition) is 1. The standard InChI is InChI=1S/C11H24N2O2/c1-10(4-6-14-3)13(2)9-11-8-12-5-7-15-11/h10-12H,4-9H2,1-3H3. The molecule has 0 aromatic carbocycles. The fraction of sp³-hybridized carbons (Fsp3) is 1.00. The summed E-state index contributed by atoms with van der Waals surface area (Å²) in [4.78, 5) is 2.34. The molecule has 1 fully saturated rings. The molecule has 90 valence electrons. The first kappa shape index (κ1) is 12.9. The molecule has 0 spiro atoms. The molecule has 0 bridgehead atoms. The van der Waals surface area contributed by atoms with Crippen molar-refractivity contribution in [2.75, 3.05) is 47.0 Å². The second-order valence-corrected chi connectivity index (χ2v) is 4.27. The molecule has 0 amide bonds. The molecule has 1 saturated heterocycles. The van der Waals surface area contributed by atoms with E-state index in [0.29, 0.717) is 12.1 Å². The number of rotatable bonds is 6. The normalized spacial score (nSPS) is 24.4. The number of likely N-dealkylation sites (N-methyl/N-ethyl adjacent to an activating group) is 1. The molecular weight excluding hydrogens is 192 g/mol. The monoisotopic (exact) mass is 216 g/mol. The zero-order valence-corrected chi connectivity index (χ0v) is 10.2. The highest BCUT2D eigenvalue weighted by Gasteiger charge is 2.18. The Morgan fingerprint density at radius 1 is 1.60 bits per heavy atom. The van der Waals surface area contributed by atoms with Gasteiger partial charge < -0.3 is 19.7 Å². The number of ether oxygens (including phenoxy) is 2. The lowest BCUT2D eigenvalue weighted by Gasteiger charge is -2.31. The molecule has 0 radical (unpaired) electrons. The maximum atomic E-state index is 5.67. The molecule has 1 rings (SSSR count). The summed E-state index contributed by atoms with van der Waals surface area (Å²) in [6.45, 7) is 6.86. The predicted molar refractivity (Wildman–Crippen MR) is 61.2 cm³/mol. The van der Waals surface area contributed by atoms with Gasteiger partial charge in [-0.3, -0.25) is 0 Å². The van der Waals surface area contributed by atoms with Crippen molar-refractivity contribution in [1.82, 2.24) is 10.2 Å². The van der Waals surface area contributed by atoms with Crippen molar-refractivity contribution in [3.8, 4) is 0 Å². The summed E-state index contributed by atoms with van der Waals surface area (Å²) in [6, 6.07) is 0.551.